The Balaban J connectivity index is 1.38. The van der Waals surface area contributed by atoms with Gasteiger partial charge in [-0.05, 0) is 38.8 Å². The number of rotatable bonds is 4. The number of nitrogens with zero attached hydrogens (tertiary/aromatic N) is 8. The van der Waals surface area contributed by atoms with Crippen molar-refractivity contribution in [3.05, 3.63) is 53.4 Å². The number of alkyl halides is 3. The van der Waals surface area contributed by atoms with E-state index in [0.717, 1.165) is 30.2 Å². The number of pyridine rings is 1. The first kappa shape index (κ1) is 22.8. The summed E-state index contributed by atoms with van der Waals surface area (Å²) in [7, 11) is 0. The van der Waals surface area contributed by atoms with Gasteiger partial charge in [0, 0.05) is 30.1 Å². The molecule has 186 valence electrons. The molecule has 9 nitrogen and oxygen atoms in total. The van der Waals surface area contributed by atoms with Gasteiger partial charge in [-0.3, -0.25) is 9.67 Å². The Bertz CT molecular complexity index is 1430. The van der Waals surface area contributed by atoms with Gasteiger partial charge >= 0.3 is 6.18 Å². The van der Waals surface area contributed by atoms with Crippen LogP contribution in [-0.4, -0.2) is 54.4 Å². The number of fused-ring (bicyclic) bond motifs is 1. The Morgan fingerprint density at radius 1 is 1.00 bits per heavy atom. The van der Waals surface area contributed by atoms with E-state index in [1.807, 2.05) is 35.8 Å². The van der Waals surface area contributed by atoms with E-state index in [9.17, 15) is 13.2 Å². The Hall–Kier alpha value is -3.67. The van der Waals surface area contributed by atoms with Crippen LogP contribution in [0.25, 0.3) is 22.4 Å². The summed E-state index contributed by atoms with van der Waals surface area (Å²) in [5, 5.41) is 4.47. The van der Waals surface area contributed by atoms with Crippen molar-refractivity contribution in [3.63, 3.8) is 0 Å². The fourth-order valence-corrected chi connectivity index (χ4v) is 4.24. The highest BCUT2D eigenvalue weighted by molar-refractivity contribution is 5.87. The standard InChI is InChI=1S/C24H23F3N8O/c1-13-14(2)31-22-21(30-13)20(15-3-6-19(28-9-15)24(25,26)27)32-23(33-22)34-7-8-36-18(12-34)16-10-29-35(11-16)17-4-5-17/h3,6,9-11,17-18H,4-5,7-8,12H2,1-2H3. The molecule has 1 unspecified atom stereocenters. The monoisotopic (exact) mass is 496 g/mol. The summed E-state index contributed by atoms with van der Waals surface area (Å²) < 4.78 is 47.2. The highest BCUT2D eigenvalue weighted by Gasteiger charge is 2.33. The molecular formula is C24H23F3N8O. The normalized spacial score (nSPS) is 18.7. The molecule has 12 heteroatoms. The Labute approximate surface area is 204 Å². The van der Waals surface area contributed by atoms with Gasteiger partial charge in [0.2, 0.25) is 5.95 Å². The Kier molecular flexibility index (Phi) is 5.36. The molecule has 36 heavy (non-hydrogen) atoms. The first-order valence-corrected chi connectivity index (χ1v) is 11.7. The summed E-state index contributed by atoms with van der Waals surface area (Å²) in [4.78, 5) is 24.2. The van der Waals surface area contributed by atoms with E-state index in [2.05, 4.69) is 25.0 Å². The van der Waals surface area contributed by atoms with Crippen molar-refractivity contribution in [2.24, 2.45) is 0 Å². The zero-order chi connectivity index (χ0) is 25.0. The molecule has 0 bridgehead atoms. The second kappa shape index (κ2) is 8.47. The number of hydrogen-bond donors (Lipinski definition) is 0. The van der Waals surface area contributed by atoms with E-state index >= 15 is 0 Å². The van der Waals surface area contributed by atoms with Gasteiger partial charge in [-0.25, -0.2) is 15.0 Å². The van der Waals surface area contributed by atoms with E-state index < -0.39 is 11.9 Å². The maximum atomic E-state index is 13.1. The van der Waals surface area contributed by atoms with Gasteiger partial charge in [0.25, 0.3) is 0 Å². The summed E-state index contributed by atoms with van der Waals surface area (Å²) in [6, 6.07) is 2.78. The number of aryl methyl sites for hydroxylation is 2. The highest BCUT2D eigenvalue weighted by atomic mass is 19.4. The van der Waals surface area contributed by atoms with Crippen molar-refractivity contribution >= 4 is 17.1 Å². The lowest BCUT2D eigenvalue weighted by atomic mass is 10.1. The Morgan fingerprint density at radius 2 is 1.81 bits per heavy atom. The number of anilines is 1. The first-order chi connectivity index (χ1) is 17.3. The summed E-state index contributed by atoms with van der Waals surface area (Å²) in [5.74, 6) is 0.415. The molecule has 2 aliphatic rings. The summed E-state index contributed by atoms with van der Waals surface area (Å²) >= 11 is 0. The van der Waals surface area contributed by atoms with Crippen LogP contribution in [0.1, 0.15) is 47.6 Å². The third-order valence-corrected chi connectivity index (χ3v) is 6.52. The summed E-state index contributed by atoms with van der Waals surface area (Å²) in [5.41, 5.74) is 3.02. The molecule has 1 aliphatic heterocycles. The molecular weight excluding hydrogens is 473 g/mol. The van der Waals surface area contributed by atoms with Gasteiger partial charge in [-0.15, -0.1) is 0 Å². The predicted molar refractivity (Wildman–Crippen MR) is 124 cm³/mol. The van der Waals surface area contributed by atoms with Gasteiger partial charge < -0.3 is 9.64 Å². The van der Waals surface area contributed by atoms with E-state index in [-0.39, 0.29) is 6.10 Å². The molecule has 0 amide bonds. The lowest BCUT2D eigenvalue weighted by Crippen LogP contribution is -2.39. The zero-order valence-electron chi connectivity index (χ0n) is 19.7. The second-order valence-corrected chi connectivity index (χ2v) is 9.16. The van der Waals surface area contributed by atoms with E-state index in [1.165, 1.54) is 12.3 Å². The van der Waals surface area contributed by atoms with Gasteiger partial charge in [0.1, 0.15) is 23.0 Å². The zero-order valence-corrected chi connectivity index (χ0v) is 19.7. The van der Waals surface area contributed by atoms with Crippen LogP contribution < -0.4 is 4.90 Å². The number of morpholine rings is 1. The lowest BCUT2D eigenvalue weighted by molar-refractivity contribution is -0.141. The molecule has 5 heterocycles. The van der Waals surface area contributed by atoms with Crippen molar-refractivity contribution < 1.29 is 17.9 Å². The SMILES string of the molecule is Cc1nc2nc(N3CCOC(c4cnn(C5CC5)c4)C3)nc(-c3ccc(C(F)(F)F)nc3)c2nc1C. The van der Waals surface area contributed by atoms with E-state index in [0.29, 0.717) is 59.8 Å². The van der Waals surface area contributed by atoms with Gasteiger partial charge in [-0.1, -0.05) is 0 Å². The van der Waals surface area contributed by atoms with Crippen molar-refractivity contribution in [1.29, 1.82) is 0 Å². The average molecular weight is 496 g/mol. The summed E-state index contributed by atoms with van der Waals surface area (Å²) in [6.45, 7) is 5.19. The number of ether oxygens (including phenoxy) is 1. The predicted octanol–water partition coefficient (Wildman–Crippen LogP) is 4.23. The molecule has 0 radical (unpaired) electrons. The Morgan fingerprint density at radius 3 is 2.53 bits per heavy atom. The number of aromatic nitrogens is 7. The minimum atomic E-state index is -4.53. The summed E-state index contributed by atoms with van der Waals surface area (Å²) in [6.07, 6.45) is 2.60. The average Bonchev–Trinajstić information content (AvgIpc) is 3.60. The minimum Gasteiger partial charge on any atom is -0.370 e. The van der Waals surface area contributed by atoms with Crippen molar-refractivity contribution in [2.75, 3.05) is 24.6 Å². The lowest BCUT2D eigenvalue weighted by Gasteiger charge is -2.32. The van der Waals surface area contributed by atoms with Crippen LogP contribution in [0.15, 0.2) is 30.7 Å². The molecule has 1 saturated heterocycles. The van der Waals surface area contributed by atoms with Crippen molar-refractivity contribution in [2.45, 2.75) is 45.0 Å². The third kappa shape index (κ3) is 4.25. The molecule has 1 atom stereocenters. The maximum Gasteiger partial charge on any atom is 0.433 e. The molecule has 6 rings (SSSR count). The molecule has 0 spiro atoms. The van der Waals surface area contributed by atoms with Crippen LogP contribution in [-0.2, 0) is 10.9 Å². The number of halogens is 3. The van der Waals surface area contributed by atoms with Crippen LogP contribution in [0, 0.1) is 13.8 Å². The van der Waals surface area contributed by atoms with E-state index in [1.54, 1.807) is 0 Å². The molecule has 1 saturated carbocycles. The fourth-order valence-electron chi connectivity index (χ4n) is 4.24. The minimum absolute atomic E-state index is 0.201. The molecule has 1 aliphatic carbocycles. The van der Waals surface area contributed by atoms with Crippen molar-refractivity contribution in [1.82, 2.24) is 34.7 Å². The van der Waals surface area contributed by atoms with Gasteiger partial charge in [-0.2, -0.15) is 23.3 Å². The van der Waals surface area contributed by atoms with Crippen LogP contribution in [0.4, 0.5) is 19.1 Å². The van der Waals surface area contributed by atoms with E-state index in [4.69, 9.17) is 9.72 Å². The molecule has 0 aromatic carbocycles. The van der Waals surface area contributed by atoms with Crippen LogP contribution in [0.3, 0.4) is 0 Å². The largest absolute Gasteiger partial charge is 0.433 e. The fraction of sp³-hybridized carbons (Fsp3) is 0.417. The maximum absolute atomic E-state index is 13.1. The quantitative estimate of drug-likeness (QED) is 0.414. The number of hydrogen-bond acceptors (Lipinski definition) is 8. The third-order valence-electron chi connectivity index (χ3n) is 6.52. The van der Waals surface area contributed by atoms with Crippen LogP contribution >= 0.6 is 0 Å². The van der Waals surface area contributed by atoms with Crippen LogP contribution in [0.5, 0.6) is 0 Å². The topological polar surface area (TPSA) is 94.7 Å². The van der Waals surface area contributed by atoms with Crippen molar-refractivity contribution in [3.8, 4) is 11.3 Å². The second-order valence-electron chi connectivity index (χ2n) is 9.16. The first-order valence-electron chi connectivity index (χ1n) is 11.7. The highest BCUT2D eigenvalue weighted by Crippen LogP contribution is 2.36. The molecule has 4 aromatic heterocycles. The van der Waals surface area contributed by atoms with Gasteiger partial charge in [0.15, 0.2) is 5.65 Å². The molecule has 2 fully saturated rings. The van der Waals surface area contributed by atoms with Gasteiger partial charge in [0.05, 0.1) is 36.8 Å². The van der Waals surface area contributed by atoms with Crippen LogP contribution in [0.2, 0.25) is 0 Å². The smallest absolute Gasteiger partial charge is 0.370 e. The molecule has 0 N–H and O–H groups in total. The molecule has 4 aromatic rings.